The molecule has 2 aromatic heterocycles. The molecule has 1 N–H and O–H groups in total. The summed E-state index contributed by atoms with van der Waals surface area (Å²) in [5.74, 6) is 2.56. The molecule has 2 aromatic rings. The Hall–Kier alpha value is -1.76. The van der Waals surface area contributed by atoms with Crippen LogP contribution in [0.15, 0.2) is 44.9 Å². The number of nitrogens with zero attached hydrogens (tertiary/aromatic N) is 4. The molecule has 0 aliphatic carbocycles. The number of likely N-dealkylation sites (tertiary alicyclic amines) is 1. The molecule has 2 unspecified atom stereocenters. The van der Waals surface area contributed by atoms with Gasteiger partial charge in [-0.25, -0.2) is 4.98 Å². The van der Waals surface area contributed by atoms with Crippen LogP contribution in [0.3, 0.4) is 0 Å². The van der Waals surface area contributed by atoms with E-state index in [0.717, 1.165) is 48.9 Å². The molecule has 0 radical (unpaired) electrons. The number of halogens is 1. The number of rotatable bonds is 4. The van der Waals surface area contributed by atoms with E-state index in [2.05, 4.69) is 53.8 Å². The molecular weight excluding hydrogens is 370 g/mol. The Morgan fingerprint density at radius 2 is 2.38 bits per heavy atom. The highest BCUT2D eigenvalue weighted by Crippen LogP contribution is 2.27. The van der Waals surface area contributed by atoms with Gasteiger partial charge in [0.05, 0.1) is 12.4 Å². The average Bonchev–Trinajstić information content (AvgIpc) is 3.24. The van der Waals surface area contributed by atoms with E-state index in [0.29, 0.717) is 12.0 Å². The van der Waals surface area contributed by atoms with E-state index in [4.69, 9.17) is 4.42 Å². The van der Waals surface area contributed by atoms with Crippen molar-refractivity contribution in [3.63, 3.8) is 0 Å². The molecule has 2 atom stereocenters. The third kappa shape index (κ3) is 4.01. The molecule has 3 heterocycles. The van der Waals surface area contributed by atoms with Crippen molar-refractivity contribution in [2.24, 2.45) is 10.9 Å². The lowest BCUT2D eigenvalue weighted by Crippen LogP contribution is -2.49. The summed E-state index contributed by atoms with van der Waals surface area (Å²) in [5, 5.41) is 3.45. The number of imidazole rings is 1. The predicted molar refractivity (Wildman–Crippen MR) is 98.1 cm³/mol. The van der Waals surface area contributed by atoms with Crippen molar-refractivity contribution in [2.45, 2.75) is 25.8 Å². The molecule has 0 aromatic carbocycles. The molecule has 7 heteroatoms. The van der Waals surface area contributed by atoms with Gasteiger partial charge in [-0.3, -0.25) is 4.99 Å². The zero-order valence-corrected chi connectivity index (χ0v) is 15.7. The first-order valence-electron chi connectivity index (χ1n) is 8.34. The molecule has 0 spiro atoms. The summed E-state index contributed by atoms with van der Waals surface area (Å²) in [6, 6.07) is 4.35. The number of hydrogen-bond donors (Lipinski definition) is 1. The number of nitrogens with one attached hydrogen (secondary N) is 1. The van der Waals surface area contributed by atoms with Gasteiger partial charge in [0.1, 0.15) is 5.76 Å². The summed E-state index contributed by atoms with van der Waals surface area (Å²) in [5.41, 5.74) is 0. The zero-order valence-electron chi connectivity index (χ0n) is 14.2. The van der Waals surface area contributed by atoms with E-state index >= 15 is 0 Å². The smallest absolute Gasteiger partial charge is 0.193 e. The normalized spacial score (nSPS) is 22.0. The second-order valence-electron chi connectivity index (χ2n) is 6.22. The van der Waals surface area contributed by atoms with Gasteiger partial charge in [0.2, 0.25) is 0 Å². The molecule has 0 amide bonds. The number of hydrogen-bond acceptors (Lipinski definition) is 3. The van der Waals surface area contributed by atoms with Crippen LogP contribution in [0.2, 0.25) is 0 Å². The van der Waals surface area contributed by atoms with E-state index < -0.39 is 0 Å². The first-order chi connectivity index (χ1) is 11.7. The van der Waals surface area contributed by atoms with Crippen LogP contribution in [-0.2, 0) is 6.42 Å². The van der Waals surface area contributed by atoms with Crippen LogP contribution >= 0.6 is 15.9 Å². The van der Waals surface area contributed by atoms with E-state index in [1.54, 1.807) is 0 Å². The maximum Gasteiger partial charge on any atom is 0.193 e. The number of aliphatic imine (C=N–C) groups is 1. The van der Waals surface area contributed by atoms with Crippen molar-refractivity contribution in [3.8, 4) is 0 Å². The third-order valence-corrected chi connectivity index (χ3v) is 5.05. The minimum atomic E-state index is 0.431. The molecule has 1 aliphatic heterocycles. The van der Waals surface area contributed by atoms with Crippen LogP contribution in [0, 0.1) is 5.92 Å². The van der Waals surface area contributed by atoms with Gasteiger partial charge < -0.3 is 19.2 Å². The Morgan fingerprint density at radius 1 is 1.50 bits per heavy atom. The van der Waals surface area contributed by atoms with Crippen LogP contribution in [0.1, 0.15) is 25.1 Å². The summed E-state index contributed by atoms with van der Waals surface area (Å²) in [7, 11) is 1.84. The number of piperidine rings is 1. The lowest BCUT2D eigenvalue weighted by Gasteiger charge is -2.39. The van der Waals surface area contributed by atoms with E-state index in [1.165, 1.54) is 0 Å². The van der Waals surface area contributed by atoms with Gasteiger partial charge in [-0.05, 0) is 40.4 Å². The fourth-order valence-corrected chi connectivity index (χ4v) is 3.55. The number of furan rings is 1. The van der Waals surface area contributed by atoms with Gasteiger partial charge in [0.25, 0.3) is 0 Å². The van der Waals surface area contributed by atoms with Crippen molar-refractivity contribution >= 4 is 21.9 Å². The molecule has 3 rings (SSSR count). The van der Waals surface area contributed by atoms with Crippen molar-refractivity contribution in [1.82, 2.24) is 19.8 Å². The average molecular weight is 394 g/mol. The fourth-order valence-electron chi connectivity index (χ4n) is 3.21. The quantitative estimate of drug-likeness (QED) is 0.640. The highest BCUT2D eigenvalue weighted by Gasteiger charge is 2.28. The third-order valence-electron chi connectivity index (χ3n) is 4.62. The van der Waals surface area contributed by atoms with E-state index in [9.17, 15) is 0 Å². The Bertz CT molecular complexity index is 666. The zero-order chi connectivity index (χ0) is 16.9. The molecule has 1 fully saturated rings. The molecule has 1 saturated heterocycles. The van der Waals surface area contributed by atoms with Crippen molar-refractivity contribution < 1.29 is 4.42 Å². The summed E-state index contributed by atoms with van der Waals surface area (Å²) in [4.78, 5) is 11.0. The maximum absolute atomic E-state index is 5.54. The second kappa shape index (κ2) is 7.88. The largest absolute Gasteiger partial charge is 0.454 e. The minimum Gasteiger partial charge on any atom is -0.454 e. The summed E-state index contributed by atoms with van der Waals surface area (Å²) in [6.07, 6.45) is 7.79. The van der Waals surface area contributed by atoms with Crippen molar-refractivity contribution in [1.29, 1.82) is 0 Å². The number of aromatic nitrogens is 2. The Kier molecular flexibility index (Phi) is 5.60. The van der Waals surface area contributed by atoms with Crippen LogP contribution in [0.25, 0.3) is 0 Å². The van der Waals surface area contributed by atoms with Crippen LogP contribution in [0.4, 0.5) is 0 Å². The lowest BCUT2D eigenvalue weighted by molar-refractivity contribution is 0.189. The monoisotopic (exact) mass is 393 g/mol. The van der Waals surface area contributed by atoms with Gasteiger partial charge in [0.15, 0.2) is 10.6 Å². The predicted octanol–water partition coefficient (Wildman–Crippen LogP) is 2.94. The fraction of sp³-hybridized carbons (Fsp3) is 0.529. The summed E-state index contributed by atoms with van der Waals surface area (Å²) in [6.45, 7) is 5.09. The van der Waals surface area contributed by atoms with Gasteiger partial charge >= 0.3 is 0 Å². The highest BCUT2D eigenvalue weighted by atomic mass is 79.9. The van der Waals surface area contributed by atoms with E-state index in [-0.39, 0.29) is 0 Å². The molecule has 0 bridgehead atoms. The van der Waals surface area contributed by atoms with Gasteiger partial charge in [-0.15, -0.1) is 0 Å². The molecule has 24 heavy (non-hydrogen) atoms. The Balaban J connectivity index is 1.57. The Labute approximate surface area is 151 Å². The first-order valence-corrected chi connectivity index (χ1v) is 9.14. The molecule has 1 aliphatic rings. The van der Waals surface area contributed by atoms with Crippen molar-refractivity contribution in [2.75, 3.05) is 26.7 Å². The highest BCUT2D eigenvalue weighted by molar-refractivity contribution is 9.10. The van der Waals surface area contributed by atoms with E-state index in [1.807, 2.05) is 31.7 Å². The lowest BCUT2D eigenvalue weighted by atomic mass is 9.93. The van der Waals surface area contributed by atoms with Crippen LogP contribution in [0.5, 0.6) is 0 Å². The van der Waals surface area contributed by atoms with Gasteiger partial charge in [0, 0.05) is 45.5 Å². The summed E-state index contributed by atoms with van der Waals surface area (Å²) >= 11 is 3.33. The molecule has 6 nitrogen and oxygen atoms in total. The summed E-state index contributed by atoms with van der Waals surface area (Å²) < 4.78 is 8.52. The van der Waals surface area contributed by atoms with Crippen LogP contribution < -0.4 is 5.32 Å². The maximum atomic E-state index is 5.54. The van der Waals surface area contributed by atoms with Gasteiger partial charge in [-0.2, -0.15) is 0 Å². The molecular formula is C17H24BrN5O. The minimum absolute atomic E-state index is 0.431. The molecule has 130 valence electrons. The standard InChI is InChI=1S/C17H24BrN5O/c1-13-6-9-22(11-15(13)23-10-8-20-12-23)17(19-2)21-7-5-14-3-4-16(18)24-14/h3-4,8,10,12-13,15H,5-7,9,11H2,1-2H3,(H,19,21). The second-order valence-corrected chi connectivity index (χ2v) is 7.00. The SMILES string of the molecule is CN=C(NCCc1ccc(Br)o1)N1CCC(C)C(n2ccnc2)C1. The number of guanidine groups is 1. The molecule has 0 saturated carbocycles. The topological polar surface area (TPSA) is 58.6 Å². The first kappa shape index (κ1) is 17.1. The Morgan fingerprint density at radius 3 is 3.04 bits per heavy atom. The van der Waals surface area contributed by atoms with Crippen LogP contribution in [-0.4, -0.2) is 47.1 Å². The van der Waals surface area contributed by atoms with Gasteiger partial charge in [-0.1, -0.05) is 6.92 Å². The van der Waals surface area contributed by atoms with Crippen molar-refractivity contribution in [3.05, 3.63) is 41.3 Å².